The topological polar surface area (TPSA) is 108 Å². The number of carbonyl (C=O) groups excluding carboxylic acids is 1. The van der Waals surface area contributed by atoms with E-state index >= 15 is 0 Å². The van der Waals surface area contributed by atoms with Crippen molar-refractivity contribution in [3.8, 4) is 0 Å². The lowest BCUT2D eigenvalue weighted by molar-refractivity contribution is -0.870. The molecule has 0 spiro atoms. The van der Waals surface area contributed by atoms with Crippen LogP contribution in [0.15, 0.2) is 24.3 Å². The number of rotatable bonds is 57. The van der Waals surface area contributed by atoms with Crippen molar-refractivity contribution in [2.24, 2.45) is 0 Å². The zero-order valence-electron chi connectivity index (χ0n) is 47.5. The summed E-state index contributed by atoms with van der Waals surface area (Å²) in [6, 6.07) is -0.899. The van der Waals surface area contributed by atoms with Crippen molar-refractivity contribution < 1.29 is 32.9 Å². The number of allylic oxidation sites excluding steroid dienone is 3. The molecule has 3 unspecified atom stereocenters. The molecule has 0 aromatic heterocycles. The standard InChI is InChI=1S/C61H121N2O6P/c1-6-8-10-12-14-16-18-19-20-21-22-23-24-25-26-27-28-29-30-31-32-33-34-35-36-37-38-39-40-41-42-43-45-47-49-51-53-55-61(65)62-59(58-69-70(66,67)68-57-56-63(3,4)5)60(64)54-52-50-48-46-44-17-15-13-11-9-7-2/h44,46,52,54,59-60,64H,6-43,45,47-51,53,55-58H2,1-5H3,(H-,62,65,66,67)/b46-44+,54-52+. The third-order valence-corrected chi connectivity index (χ3v) is 15.1. The number of hydrogen-bond acceptors (Lipinski definition) is 6. The molecule has 0 saturated heterocycles. The maximum absolute atomic E-state index is 12.9. The molecule has 0 heterocycles. The highest BCUT2D eigenvalue weighted by atomic mass is 31.2. The van der Waals surface area contributed by atoms with E-state index in [0.29, 0.717) is 17.4 Å². The van der Waals surface area contributed by atoms with Gasteiger partial charge in [0.1, 0.15) is 13.2 Å². The van der Waals surface area contributed by atoms with Crippen molar-refractivity contribution in [2.75, 3.05) is 40.9 Å². The summed E-state index contributed by atoms with van der Waals surface area (Å²) >= 11 is 0. The second-order valence-corrected chi connectivity index (χ2v) is 23.8. The number of aliphatic hydroxyl groups is 1. The SMILES string of the molecule is CCCCCCC/C=C/CC/C=C/C(O)C(COP(=O)([O-])OCC[N+](C)(C)C)NC(=O)CCCCCCCCCCCCCCCCCCCCCCCCCCCCCCCCCCCCCCC. The molecule has 0 radical (unpaired) electrons. The quantitative estimate of drug-likeness (QED) is 0.0272. The molecule has 0 aliphatic rings. The summed E-state index contributed by atoms with van der Waals surface area (Å²) < 4.78 is 23.2. The molecule has 416 valence electrons. The maximum Gasteiger partial charge on any atom is 0.268 e. The molecular formula is C61H121N2O6P. The lowest BCUT2D eigenvalue weighted by Crippen LogP contribution is -2.45. The van der Waals surface area contributed by atoms with Crippen LogP contribution in [0.4, 0.5) is 0 Å². The fourth-order valence-corrected chi connectivity index (χ4v) is 10.1. The van der Waals surface area contributed by atoms with Crippen LogP contribution in [0.25, 0.3) is 0 Å². The molecule has 0 rings (SSSR count). The van der Waals surface area contributed by atoms with E-state index in [-0.39, 0.29) is 19.1 Å². The summed E-state index contributed by atoms with van der Waals surface area (Å²) in [6.07, 6.45) is 67.4. The molecule has 8 nitrogen and oxygen atoms in total. The largest absolute Gasteiger partial charge is 0.756 e. The fraction of sp³-hybridized carbons (Fsp3) is 0.918. The first-order valence-electron chi connectivity index (χ1n) is 30.7. The number of nitrogens with one attached hydrogen (secondary N) is 1. The van der Waals surface area contributed by atoms with Crippen molar-refractivity contribution in [1.29, 1.82) is 0 Å². The first kappa shape index (κ1) is 69.0. The van der Waals surface area contributed by atoms with Gasteiger partial charge in [-0.25, -0.2) is 0 Å². The summed E-state index contributed by atoms with van der Waals surface area (Å²) in [5.41, 5.74) is 0. The number of unbranched alkanes of at least 4 members (excludes halogenated alkanes) is 42. The molecule has 70 heavy (non-hydrogen) atoms. The highest BCUT2D eigenvalue weighted by molar-refractivity contribution is 7.45. The summed E-state index contributed by atoms with van der Waals surface area (Å²) in [6.45, 7) is 4.63. The molecule has 0 bridgehead atoms. The second kappa shape index (κ2) is 52.8. The van der Waals surface area contributed by atoms with Gasteiger partial charge in [-0.2, -0.15) is 0 Å². The average molecular weight is 1010 g/mol. The smallest absolute Gasteiger partial charge is 0.268 e. The number of aliphatic hydroxyl groups excluding tert-OH is 1. The molecule has 3 atom stereocenters. The monoisotopic (exact) mass is 1010 g/mol. The Kier molecular flexibility index (Phi) is 52.1. The first-order valence-corrected chi connectivity index (χ1v) is 32.2. The minimum absolute atomic E-state index is 0.00418. The van der Waals surface area contributed by atoms with E-state index in [1.807, 2.05) is 27.2 Å². The zero-order valence-corrected chi connectivity index (χ0v) is 48.4. The van der Waals surface area contributed by atoms with Gasteiger partial charge in [-0.1, -0.05) is 295 Å². The molecule has 0 aliphatic heterocycles. The van der Waals surface area contributed by atoms with E-state index in [2.05, 4.69) is 31.3 Å². The number of carbonyl (C=O) groups is 1. The third-order valence-electron chi connectivity index (χ3n) is 14.2. The van der Waals surface area contributed by atoms with Gasteiger partial charge in [0.2, 0.25) is 5.91 Å². The number of likely N-dealkylation sites (N-methyl/N-ethyl adjacent to an activating group) is 1. The van der Waals surface area contributed by atoms with Crippen molar-refractivity contribution in [2.45, 2.75) is 321 Å². The molecule has 9 heteroatoms. The Labute approximate surface area is 436 Å². The highest BCUT2D eigenvalue weighted by Crippen LogP contribution is 2.38. The molecule has 2 N–H and O–H groups in total. The van der Waals surface area contributed by atoms with E-state index in [1.54, 1.807) is 6.08 Å². The van der Waals surface area contributed by atoms with Crippen molar-refractivity contribution in [3.63, 3.8) is 0 Å². The Morgan fingerprint density at radius 3 is 1.16 bits per heavy atom. The minimum atomic E-state index is -4.60. The van der Waals surface area contributed by atoms with Gasteiger partial charge in [-0.15, -0.1) is 0 Å². The summed E-state index contributed by atoms with van der Waals surface area (Å²) in [5, 5.41) is 13.8. The van der Waals surface area contributed by atoms with Crippen LogP contribution in [0.5, 0.6) is 0 Å². The number of hydrogen-bond donors (Lipinski definition) is 2. The van der Waals surface area contributed by atoms with Crippen LogP contribution >= 0.6 is 7.82 Å². The Morgan fingerprint density at radius 2 is 0.800 bits per heavy atom. The van der Waals surface area contributed by atoms with E-state index < -0.39 is 20.0 Å². The van der Waals surface area contributed by atoms with E-state index in [1.165, 1.54) is 250 Å². The number of nitrogens with zero attached hydrogens (tertiary/aromatic N) is 1. The molecular weight excluding hydrogens is 888 g/mol. The van der Waals surface area contributed by atoms with E-state index in [9.17, 15) is 19.4 Å². The van der Waals surface area contributed by atoms with Gasteiger partial charge in [0.25, 0.3) is 7.82 Å². The van der Waals surface area contributed by atoms with Gasteiger partial charge >= 0.3 is 0 Å². The van der Waals surface area contributed by atoms with E-state index in [4.69, 9.17) is 9.05 Å². The highest BCUT2D eigenvalue weighted by Gasteiger charge is 2.23. The average Bonchev–Trinajstić information content (AvgIpc) is 3.32. The number of amides is 1. The Hall–Kier alpha value is -1.02. The lowest BCUT2D eigenvalue weighted by Gasteiger charge is -2.29. The van der Waals surface area contributed by atoms with Gasteiger partial charge in [0, 0.05) is 6.42 Å². The predicted molar refractivity (Wildman–Crippen MR) is 302 cm³/mol. The third kappa shape index (κ3) is 54.7. The molecule has 0 aromatic carbocycles. The van der Waals surface area contributed by atoms with Gasteiger partial charge in [0.05, 0.1) is 39.9 Å². The minimum Gasteiger partial charge on any atom is -0.756 e. The zero-order chi connectivity index (χ0) is 51.3. The summed E-state index contributed by atoms with van der Waals surface area (Å²) in [5.74, 6) is -0.203. The number of phosphoric acid groups is 1. The van der Waals surface area contributed by atoms with Gasteiger partial charge in [0.15, 0.2) is 0 Å². The van der Waals surface area contributed by atoms with Crippen LogP contribution in [0.1, 0.15) is 309 Å². The van der Waals surface area contributed by atoms with Crippen molar-refractivity contribution in [3.05, 3.63) is 24.3 Å². The maximum atomic E-state index is 12.9. The normalized spacial score (nSPS) is 14.0. The molecule has 0 aliphatic carbocycles. The van der Waals surface area contributed by atoms with Crippen molar-refractivity contribution in [1.82, 2.24) is 5.32 Å². The lowest BCUT2D eigenvalue weighted by atomic mass is 10.0. The van der Waals surface area contributed by atoms with Crippen LogP contribution in [0, 0.1) is 0 Å². The summed E-state index contributed by atoms with van der Waals surface area (Å²) in [7, 11) is 1.25. The Morgan fingerprint density at radius 1 is 0.486 bits per heavy atom. The Balaban J connectivity index is 3.84. The molecule has 0 aromatic rings. The van der Waals surface area contributed by atoms with Crippen LogP contribution < -0.4 is 10.2 Å². The van der Waals surface area contributed by atoms with E-state index in [0.717, 1.165) is 38.5 Å². The van der Waals surface area contributed by atoms with Crippen LogP contribution in [0.2, 0.25) is 0 Å². The predicted octanol–water partition coefficient (Wildman–Crippen LogP) is 18.1. The molecule has 1 amide bonds. The summed E-state index contributed by atoms with van der Waals surface area (Å²) in [4.78, 5) is 25.4. The van der Waals surface area contributed by atoms with Crippen LogP contribution in [-0.2, 0) is 18.4 Å². The molecule has 0 fully saturated rings. The van der Waals surface area contributed by atoms with Gasteiger partial charge < -0.3 is 28.8 Å². The van der Waals surface area contributed by atoms with Gasteiger partial charge in [-0.3, -0.25) is 9.36 Å². The van der Waals surface area contributed by atoms with Crippen LogP contribution in [0.3, 0.4) is 0 Å². The number of phosphoric ester groups is 1. The first-order chi connectivity index (χ1) is 34.0. The van der Waals surface area contributed by atoms with Crippen LogP contribution in [-0.4, -0.2) is 68.5 Å². The Bertz CT molecular complexity index is 1190. The fourth-order valence-electron chi connectivity index (χ4n) is 9.35. The second-order valence-electron chi connectivity index (χ2n) is 22.4. The molecule has 0 saturated carbocycles. The van der Waals surface area contributed by atoms with Crippen molar-refractivity contribution >= 4 is 13.7 Å². The van der Waals surface area contributed by atoms with Gasteiger partial charge in [-0.05, 0) is 32.1 Å². The number of quaternary nitrogens is 1.